The van der Waals surface area contributed by atoms with Gasteiger partial charge in [0.1, 0.15) is 31.2 Å². The molecular weight excluding hydrogens is 376 g/mol. The number of imidazole rings is 1. The van der Waals surface area contributed by atoms with Crippen LogP contribution < -0.4 is 5.32 Å². The lowest BCUT2D eigenvalue weighted by molar-refractivity contribution is -0.759. The molecule has 6 atom stereocenters. The Kier molecular flexibility index (Phi) is 4.97. The van der Waals surface area contributed by atoms with Gasteiger partial charge in [-0.3, -0.25) is 4.57 Å². The molecule has 2 aliphatic rings. The number of ether oxygens (including phenoxy) is 1. The molecule has 2 aromatic rings. The zero-order valence-electron chi connectivity index (χ0n) is 14.7. The first-order chi connectivity index (χ1) is 13.5. The third-order valence-corrected chi connectivity index (χ3v) is 5.12. The SMILES string of the molecule is O=[N+]([O-])OCC1OC(n2cnc3c(NC4CCCC4O)ncnc32)C(O)C1O. The zero-order chi connectivity index (χ0) is 19.8. The van der Waals surface area contributed by atoms with Crippen LogP contribution in [0.5, 0.6) is 0 Å². The summed E-state index contributed by atoms with van der Waals surface area (Å²) in [6.45, 7) is -0.518. The van der Waals surface area contributed by atoms with E-state index in [0.717, 1.165) is 12.8 Å². The number of hydrogen-bond acceptors (Lipinski definition) is 11. The van der Waals surface area contributed by atoms with Crippen molar-refractivity contribution in [2.75, 3.05) is 11.9 Å². The molecule has 0 radical (unpaired) electrons. The van der Waals surface area contributed by atoms with Crippen LogP contribution in [0.15, 0.2) is 12.7 Å². The number of nitrogens with one attached hydrogen (secondary N) is 1. The highest BCUT2D eigenvalue weighted by Crippen LogP contribution is 2.33. The van der Waals surface area contributed by atoms with Crippen LogP contribution in [-0.2, 0) is 9.57 Å². The van der Waals surface area contributed by atoms with E-state index in [-0.39, 0.29) is 6.04 Å². The fourth-order valence-electron chi connectivity index (χ4n) is 3.66. The van der Waals surface area contributed by atoms with E-state index < -0.39 is 42.3 Å². The van der Waals surface area contributed by atoms with E-state index in [1.807, 2.05) is 0 Å². The fourth-order valence-corrected chi connectivity index (χ4v) is 3.66. The average Bonchev–Trinajstić information content (AvgIpc) is 3.34. The van der Waals surface area contributed by atoms with Crippen LogP contribution in [-0.4, -0.2) is 77.0 Å². The number of aromatic nitrogens is 4. The largest absolute Gasteiger partial charge is 0.391 e. The van der Waals surface area contributed by atoms with Crippen LogP contribution >= 0.6 is 0 Å². The summed E-state index contributed by atoms with van der Waals surface area (Å²) >= 11 is 0. The molecule has 2 fully saturated rings. The van der Waals surface area contributed by atoms with Gasteiger partial charge in [0.25, 0.3) is 5.09 Å². The Balaban J connectivity index is 1.58. The summed E-state index contributed by atoms with van der Waals surface area (Å²) in [7, 11) is 0. The Labute approximate surface area is 158 Å². The Morgan fingerprint density at radius 2 is 2.11 bits per heavy atom. The summed E-state index contributed by atoms with van der Waals surface area (Å²) in [4.78, 5) is 27.2. The Hall–Kier alpha value is -2.61. The minimum Gasteiger partial charge on any atom is -0.391 e. The Morgan fingerprint density at radius 1 is 1.29 bits per heavy atom. The number of aliphatic hydroxyl groups is 3. The van der Waals surface area contributed by atoms with Crippen molar-refractivity contribution in [1.29, 1.82) is 0 Å². The molecule has 3 heterocycles. The van der Waals surface area contributed by atoms with E-state index >= 15 is 0 Å². The fraction of sp³-hybridized carbons (Fsp3) is 0.667. The summed E-state index contributed by atoms with van der Waals surface area (Å²) in [5.41, 5.74) is 0.758. The second-order valence-corrected chi connectivity index (χ2v) is 6.86. The minimum atomic E-state index is -1.38. The van der Waals surface area contributed by atoms with Gasteiger partial charge in [-0.15, -0.1) is 10.1 Å². The van der Waals surface area contributed by atoms with Crippen LogP contribution in [0.25, 0.3) is 11.2 Å². The van der Waals surface area contributed by atoms with E-state index in [2.05, 4.69) is 25.1 Å². The molecule has 1 saturated carbocycles. The van der Waals surface area contributed by atoms with E-state index in [4.69, 9.17) is 4.74 Å². The molecule has 0 bridgehead atoms. The summed E-state index contributed by atoms with van der Waals surface area (Å²) in [6, 6.07) is -0.137. The second kappa shape index (κ2) is 7.43. The number of aliphatic hydroxyl groups excluding tert-OH is 3. The van der Waals surface area contributed by atoms with Crippen molar-refractivity contribution >= 4 is 17.0 Å². The van der Waals surface area contributed by atoms with Gasteiger partial charge >= 0.3 is 0 Å². The van der Waals surface area contributed by atoms with Gasteiger partial charge in [0.15, 0.2) is 23.2 Å². The summed E-state index contributed by atoms with van der Waals surface area (Å²) in [5, 5.41) is 43.0. The molecule has 4 N–H and O–H groups in total. The maximum atomic E-state index is 10.4. The minimum absolute atomic E-state index is 0.137. The monoisotopic (exact) mass is 396 g/mol. The number of nitrogens with zero attached hydrogens (tertiary/aromatic N) is 5. The number of anilines is 1. The third kappa shape index (κ3) is 3.32. The smallest absolute Gasteiger partial charge is 0.294 e. The van der Waals surface area contributed by atoms with E-state index in [1.165, 1.54) is 17.2 Å². The molecule has 1 saturated heterocycles. The molecule has 13 heteroatoms. The Bertz CT molecular complexity index is 863. The lowest BCUT2D eigenvalue weighted by Gasteiger charge is -2.18. The van der Waals surface area contributed by atoms with Gasteiger partial charge < -0.3 is 30.2 Å². The zero-order valence-corrected chi connectivity index (χ0v) is 14.7. The molecule has 28 heavy (non-hydrogen) atoms. The van der Waals surface area contributed by atoms with Crippen molar-refractivity contribution in [1.82, 2.24) is 19.5 Å². The van der Waals surface area contributed by atoms with Gasteiger partial charge in [0.05, 0.1) is 18.5 Å². The Morgan fingerprint density at radius 3 is 2.82 bits per heavy atom. The molecule has 1 aliphatic carbocycles. The van der Waals surface area contributed by atoms with Gasteiger partial charge in [0, 0.05) is 0 Å². The van der Waals surface area contributed by atoms with Crippen molar-refractivity contribution in [3.63, 3.8) is 0 Å². The number of fused-ring (bicyclic) bond motifs is 1. The normalized spacial score (nSPS) is 32.7. The summed E-state index contributed by atoms with van der Waals surface area (Å²) in [5.74, 6) is 0.441. The van der Waals surface area contributed by atoms with Gasteiger partial charge in [0.2, 0.25) is 0 Å². The van der Waals surface area contributed by atoms with Crippen molar-refractivity contribution in [2.24, 2.45) is 0 Å². The molecule has 152 valence electrons. The summed E-state index contributed by atoms with van der Waals surface area (Å²) < 4.78 is 6.98. The highest BCUT2D eigenvalue weighted by molar-refractivity contribution is 5.82. The van der Waals surface area contributed by atoms with Crippen molar-refractivity contribution in [3.05, 3.63) is 22.8 Å². The van der Waals surface area contributed by atoms with Crippen molar-refractivity contribution in [2.45, 2.75) is 55.9 Å². The third-order valence-electron chi connectivity index (χ3n) is 5.12. The van der Waals surface area contributed by atoms with Gasteiger partial charge in [-0.25, -0.2) is 15.0 Å². The first-order valence-electron chi connectivity index (χ1n) is 8.86. The first kappa shape index (κ1) is 18.7. The van der Waals surface area contributed by atoms with Gasteiger partial charge in [-0.05, 0) is 19.3 Å². The maximum absolute atomic E-state index is 10.4. The topological polar surface area (TPSA) is 178 Å². The van der Waals surface area contributed by atoms with Crippen molar-refractivity contribution < 1.29 is 30.0 Å². The quantitative estimate of drug-likeness (QED) is 0.347. The standard InChI is InChI=1S/C15H20N6O7/c22-8-3-1-2-7(8)19-13-10-14(17-5-16-13)20(6-18-10)15-12(24)11(23)9(28-15)4-27-21(25)26/h5-9,11-12,15,22-24H,1-4H2,(H,16,17,19). The molecule has 0 amide bonds. The van der Waals surface area contributed by atoms with Gasteiger partial charge in [-0.1, -0.05) is 0 Å². The van der Waals surface area contributed by atoms with E-state index in [1.54, 1.807) is 0 Å². The molecule has 6 unspecified atom stereocenters. The number of rotatable bonds is 6. The van der Waals surface area contributed by atoms with Gasteiger partial charge in [-0.2, -0.15) is 0 Å². The van der Waals surface area contributed by atoms with Crippen LogP contribution in [0.2, 0.25) is 0 Å². The lowest BCUT2D eigenvalue weighted by atomic mass is 10.1. The highest BCUT2D eigenvalue weighted by atomic mass is 17.0. The maximum Gasteiger partial charge on any atom is 0.294 e. The molecule has 13 nitrogen and oxygen atoms in total. The van der Waals surface area contributed by atoms with E-state index in [0.29, 0.717) is 23.4 Å². The van der Waals surface area contributed by atoms with E-state index in [9.17, 15) is 25.4 Å². The highest BCUT2D eigenvalue weighted by Gasteiger charge is 2.44. The second-order valence-electron chi connectivity index (χ2n) is 6.86. The summed E-state index contributed by atoms with van der Waals surface area (Å²) in [6.07, 6.45) is -0.218. The predicted molar refractivity (Wildman–Crippen MR) is 91.5 cm³/mol. The van der Waals surface area contributed by atoms with Crippen LogP contribution in [0.1, 0.15) is 25.5 Å². The number of hydrogen-bond donors (Lipinski definition) is 4. The van der Waals surface area contributed by atoms with Crippen molar-refractivity contribution in [3.8, 4) is 0 Å². The molecule has 0 aromatic carbocycles. The van der Waals surface area contributed by atoms with Crippen LogP contribution in [0.3, 0.4) is 0 Å². The first-order valence-corrected chi connectivity index (χ1v) is 8.86. The van der Waals surface area contributed by atoms with Crippen LogP contribution in [0, 0.1) is 10.1 Å². The average molecular weight is 396 g/mol. The molecule has 1 aliphatic heterocycles. The lowest BCUT2D eigenvalue weighted by Crippen LogP contribution is -2.34. The molecule has 0 spiro atoms. The molecular formula is C15H20N6O7. The predicted octanol–water partition coefficient (Wildman–Crippen LogP) is -1.02. The van der Waals surface area contributed by atoms with Crippen LogP contribution in [0.4, 0.5) is 5.82 Å². The molecule has 2 aromatic heterocycles. The molecule has 4 rings (SSSR count).